The lowest BCUT2D eigenvalue weighted by molar-refractivity contribution is 1.45. The lowest BCUT2D eigenvalue weighted by Gasteiger charge is -2.03. The van der Waals surface area contributed by atoms with Crippen LogP contribution in [0.25, 0.3) is 32.6 Å². The molecule has 0 unspecified atom stereocenters. The van der Waals surface area contributed by atoms with Crippen LogP contribution in [0.15, 0.2) is 54.9 Å². The minimum Gasteiger partial charge on any atom is -0.361 e. The lowest BCUT2D eigenvalue weighted by Crippen LogP contribution is -1.82. The number of H-pyrrole nitrogens is 1. The summed E-state index contributed by atoms with van der Waals surface area (Å²) in [6.07, 6.45) is 3.91. The SMILES string of the molecule is c1ccc2c(c1)cnc1c3cc[nH]c3ccc21. The van der Waals surface area contributed by atoms with Gasteiger partial charge in [0.15, 0.2) is 0 Å². The maximum Gasteiger partial charge on any atom is 0.0802 e. The topological polar surface area (TPSA) is 28.7 Å². The van der Waals surface area contributed by atoms with E-state index in [1.807, 2.05) is 18.5 Å². The minimum absolute atomic E-state index is 1.07. The Morgan fingerprint density at radius 1 is 0.824 bits per heavy atom. The first kappa shape index (κ1) is 8.76. The van der Waals surface area contributed by atoms with Crippen LogP contribution in [0.4, 0.5) is 0 Å². The summed E-state index contributed by atoms with van der Waals surface area (Å²) in [7, 11) is 0. The molecule has 0 atom stereocenters. The summed E-state index contributed by atoms with van der Waals surface area (Å²) in [4.78, 5) is 7.81. The first-order valence-electron chi connectivity index (χ1n) is 5.67. The number of benzene rings is 2. The van der Waals surface area contributed by atoms with Gasteiger partial charge in [-0.1, -0.05) is 30.3 Å². The molecule has 0 spiro atoms. The number of nitrogens with zero attached hydrogens (tertiary/aromatic N) is 1. The van der Waals surface area contributed by atoms with Crippen molar-refractivity contribution in [1.29, 1.82) is 0 Å². The van der Waals surface area contributed by atoms with E-state index in [0.717, 1.165) is 11.0 Å². The van der Waals surface area contributed by atoms with E-state index in [-0.39, 0.29) is 0 Å². The highest BCUT2D eigenvalue weighted by molar-refractivity contribution is 6.14. The smallest absolute Gasteiger partial charge is 0.0802 e. The van der Waals surface area contributed by atoms with Gasteiger partial charge in [-0.3, -0.25) is 4.98 Å². The summed E-state index contributed by atoms with van der Waals surface area (Å²) in [5.74, 6) is 0. The third-order valence-corrected chi connectivity index (χ3v) is 3.29. The number of aromatic amines is 1. The maximum atomic E-state index is 4.59. The number of hydrogen-bond donors (Lipinski definition) is 1. The van der Waals surface area contributed by atoms with Gasteiger partial charge in [0.25, 0.3) is 0 Å². The quantitative estimate of drug-likeness (QED) is 0.446. The number of pyridine rings is 1. The first-order valence-corrected chi connectivity index (χ1v) is 5.67. The predicted octanol–water partition coefficient (Wildman–Crippen LogP) is 3.87. The first-order chi connectivity index (χ1) is 8.43. The van der Waals surface area contributed by atoms with Crippen LogP contribution in [0.1, 0.15) is 0 Å². The van der Waals surface area contributed by atoms with Crippen molar-refractivity contribution in [3.8, 4) is 0 Å². The third kappa shape index (κ3) is 1.12. The van der Waals surface area contributed by atoms with Crippen molar-refractivity contribution >= 4 is 32.6 Å². The molecule has 2 heterocycles. The highest BCUT2D eigenvalue weighted by Crippen LogP contribution is 2.28. The summed E-state index contributed by atoms with van der Waals surface area (Å²) in [6.45, 7) is 0. The molecule has 17 heavy (non-hydrogen) atoms. The Morgan fingerprint density at radius 2 is 1.76 bits per heavy atom. The molecule has 2 nitrogen and oxygen atoms in total. The Hall–Kier alpha value is -2.35. The fourth-order valence-corrected chi connectivity index (χ4v) is 2.46. The lowest BCUT2D eigenvalue weighted by atomic mass is 10.1. The monoisotopic (exact) mass is 218 g/mol. The molecule has 0 aliphatic heterocycles. The van der Waals surface area contributed by atoms with Crippen LogP contribution >= 0.6 is 0 Å². The maximum absolute atomic E-state index is 4.59. The number of aromatic nitrogens is 2. The van der Waals surface area contributed by atoms with Gasteiger partial charge in [-0.15, -0.1) is 0 Å². The molecular weight excluding hydrogens is 208 g/mol. The van der Waals surface area contributed by atoms with E-state index < -0.39 is 0 Å². The van der Waals surface area contributed by atoms with Crippen molar-refractivity contribution in [2.24, 2.45) is 0 Å². The molecule has 2 heteroatoms. The minimum atomic E-state index is 1.07. The zero-order chi connectivity index (χ0) is 11.2. The Bertz CT molecular complexity index is 843. The van der Waals surface area contributed by atoms with E-state index in [0.29, 0.717) is 0 Å². The summed E-state index contributed by atoms with van der Waals surface area (Å²) in [5.41, 5.74) is 2.21. The van der Waals surface area contributed by atoms with Gasteiger partial charge in [-0.2, -0.15) is 0 Å². The van der Waals surface area contributed by atoms with E-state index in [2.05, 4.69) is 46.4 Å². The van der Waals surface area contributed by atoms with Gasteiger partial charge in [0.05, 0.1) is 5.52 Å². The van der Waals surface area contributed by atoms with E-state index in [9.17, 15) is 0 Å². The van der Waals surface area contributed by atoms with Crippen LogP contribution in [-0.4, -0.2) is 9.97 Å². The third-order valence-electron chi connectivity index (χ3n) is 3.29. The second kappa shape index (κ2) is 3.08. The highest BCUT2D eigenvalue weighted by Gasteiger charge is 2.05. The van der Waals surface area contributed by atoms with Crippen LogP contribution in [0.2, 0.25) is 0 Å². The molecule has 0 aliphatic rings. The van der Waals surface area contributed by atoms with Crippen molar-refractivity contribution in [2.75, 3.05) is 0 Å². The van der Waals surface area contributed by atoms with Crippen molar-refractivity contribution < 1.29 is 0 Å². The predicted molar refractivity (Wildman–Crippen MR) is 71.1 cm³/mol. The summed E-state index contributed by atoms with van der Waals surface area (Å²) in [5, 5.41) is 4.86. The Morgan fingerprint density at radius 3 is 2.76 bits per heavy atom. The van der Waals surface area contributed by atoms with Gasteiger partial charge in [0, 0.05) is 34.1 Å². The summed E-state index contributed by atoms with van der Waals surface area (Å²) >= 11 is 0. The van der Waals surface area contributed by atoms with E-state index in [1.54, 1.807) is 0 Å². The van der Waals surface area contributed by atoms with Crippen LogP contribution in [-0.2, 0) is 0 Å². The molecule has 0 radical (unpaired) electrons. The molecule has 0 amide bonds. The van der Waals surface area contributed by atoms with Gasteiger partial charge in [0.2, 0.25) is 0 Å². The second-order valence-corrected chi connectivity index (χ2v) is 4.25. The normalized spacial score (nSPS) is 11.5. The molecule has 0 saturated carbocycles. The van der Waals surface area contributed by atoms with Crippen LogP contribution in [0.3, 0.4) is 0 Å². The van der Waals surface area contributed by atoms with Crippen molar-refractivity contribution in [1.82, 2.24) is 9.97 Å². The standard InChI is InChI=1S/C15H10N2/c1-2-4-11-10(3-1)9-17-15-12(11)5-6-14-13(15)7-8-16-14/h1-9,16H. The van der Waals surface area contributed by atoms with Gasteiger partial charge in [-0.05, 0) is 17.5 Å². The largest absolute Gasteiger partial charge is 0.361 e. The van der Waals surface area contributed by atoms with E-state index >= 15 is 0 Å². The van der Waals surface area contributed by atoms with Gasteiger partial charge < -0.3 is 4.98 Å². The molecule has 80 valence electrons. The zero-order valence-corrected chi connectivity index (χ0v) is 9.14. The Balaban J connectivity index is 2.34. The highest BCUT2D eigenvalue weighted by atomic mass is 14.7. The van der Waals surface area contributed by atoms with Crippen LogP contribution in [0, 0.1) is 0 Å². The van der Waals surface area contributed by atoms with Gasteiger partial charge >= 0.3 is 0 Å². The van der Waals surface area contributed by atoms with Crippen LogP contribution in [0.5, 0.6) is 0 Å². The molecule has 0 bridgehead atoms. The van der Waals surface area contributed by atoms with Gasteiger partial charge in [0.1, 0.15) is 0 Å². The van der Waals surface area contributed by atoms with E-state index in [1.165, 1.54) is 21.5 Å². The molecular formula is C15H10N2. The molecule has 1 N–H and O–H groups in total. The Labute approximate surface area is 97.9 Å². The molecule has 2 aromatic heterocycles. The average molecular weight is 218 g/mol. The number of fused-ring (bicyclic) bond motifs is 5. The van der Waals surface area contributed by atoms with Crippen LogP contribution < -0.4 is 0 Å². The van der Waals surface area contributed by atoms with E-state index in [4.69, 9.17) is 0 Å². The number of nitrogens with one attached hydrogen (secondary N) is 1. The fourth-order valence-electron chi connectivity index (χ4n) is 2.46. The van der Waals surface area contributed by atoms with Crippen molar-refractivity contribution in [2.45, 2.75) is 0 Å². The summed E-state index contributed by atoms with van der Waals surface area (Å²) < 4.78 is 0. The number of rotatable bonds is 0. The molecule has 0 aliphatic carbocycles. The molecule has 4 rings (SSSR count). The fraction of sp³-hybridized carbons (Fsp3) is 0. The zero-order valence-electron chi connectivity index (χ0n) is 9.14. The second-order valence-electron chi connectivity index (χ2n) is 4.25. The Kier molecular flexibility index (Phi) is 1.59. The average Bonchev–Trinajstić information content (AvgIpc) is 2.86. The van der Waals surface area contributed by atoms with Gasteiger partial charge in [-0.25, -0.2) is 0 Å². The number of hydrogen-bond acceptors (Lipinski definition) is 1. The molecule has 0 fully saturated rings. The van der Waals surface area contributed by atoms with Crippen molar-refractivity contribution in [3.05, 3.63) is 54.9 Å². The van der Waals surface area contributed by atoms with Crippen molar-refractivity contribution in [3.63, 3.8) is 0 Å². The molecule has 2 aromatic carbocycles. The molecule has 4 aromatic rings. The summed E-state index contributed by atoms with van der Waals surface area (Å²) in [6, 6.07) is 14.7. The molecule has 0 saturated heterocycles.